The van der Waals surface area contributed by atoms with E-state index in [1.54, 1.807) is 0 Å². The number of rotatable bonds is 2. The average Bonchev–Trinajstić information content (AvgIpc) is 3.76. The van der Waals surface area contributed by atoms with Crippen molar-refractivity contribution in [2.24, 2.45) is 0 Å². The van der Waals surface area contributed by atoms with E-state index in [4.69, 9.17) is 0 Å². The Morgan fingerprint density at radius 2 is 1.41 bits per heavy atom. The van der Waals surface area contributed by atoms with E-state index in [1.165, 1.54) is 90.7 Å². The van der Waals surface area contributed by atoms with Crippen LogP contribution in [0.1, 0.15) is 16.0 Å². The third-order valence-electron chi connectivity index (χ3n) is 8.38. The predicted molar refractivity (Wildman–Crippen MR) is 170 cm³/mol. The van der Waals surface area contributed by atoms with Gasteiger partial charge in [-0.05, 0) is 99.8 Å². The lowest BCUT2D eigenvalue weighted by molar-refractivity contribution is 1.29. The molecule has 1 aliphatic rings. The summed E-state index contributed by atoms with van der Waals surface area (Å²) in [5.74, 6) is 0. The highest BCUT2D eigenvalue weighted by Crippen LogP contribution is 2.45. The summed E-state index contributed by atoms with van der Waals surface area (Å²) in [4.78, 5) is 9.16. The van der Waals surface area contributed by atoms with Crippen molar-refractivity contribution in [3.63, 3.8) is 0 Å². The fourth-order valence-corrected chi connectivity index (χ4v) is 8.47. The van der Waals surface area contributed by atoms with Crippen molar-refractivity contribution in [1.82, 2.24) is 4.98 Å². The van der Waals surface area contributed by atoms with Gasteiger partial charge in [0.1, 0.15) is 0 Å². The zero-order valence-corrected chi connectivity index (χ0v) is 23.0. The van der Waals surface area contributed by atoms with E-state index in [9.17, 15) is 0 Å². The zero-order valence-electron chi connectivity index (χ0n) is 21.3. The minimum atomic E-state index is 0.985. The molecule has 0 aliphatic heterocycles. The van der Waals surface area contributed by atoms with Gasteiger partial charge in [0.25, 0.3) is 0 Å². The van der Waals surface area contributed by atoms with Crippen molar-refractivity contribution >= 4 is 66.0 Å². The second-order valence-corrected chi connectivity index (χ2v) is 13.0. The van der Waals surface area contributed by atoms with Crippen molar-refractivity contribution in [3.8, 4) is 31.3 Å². The maximum Gasteiger partial charge on any atom is 0.0544 e. The van der Waals surface area contributed by atoms with Gasteiger partial charge < -0.3 is 4.98 Å². The number of hydrogen-bond acceptors (Lipinski definition) is 2. The van der Waals surface area contributed by atoms with Crippen LogP contribution in [0, 0.1) is 6.92 Å². The summed E-state index contributed by atoms with van der Waals surface area (Å²) < 4.78 is 0. The summed E-state index contributed by atoms with van der Waals surface area (Å²) >= 11 is 3.76. The van der Waals surface area contributed by atoms with Crippen molar-refractivity contribution in [2.75, 3.05) is 0 Å². The van der Waals surface area contributed by atoms with Gasteiger partial charge in [-0.15, -0.1) is 22.7 Å². The normalized spacial score (nSPS) is 12.6. The number of aryl methyl sites for hydroxylation is 1. The molecular formula is C36H23NS2. The molecule has 0 saturated carbocycles. The summed E-state index contributed by atoms with van der Waals surface area (Å²) in [6, 6.07) is 38.6. The molecule has 1 N–H and O–H groups in total. The molecule has 39 heavy (non-hydrogen) atoms. The first-order valence-electron chi connectivity index (χ1n) is 13.4. The molecule has 0 unspecified atom stereocenters. The van der Waals surface area contributed by atoms with Gasteiger partial charge in [-0.2, -0.15) is 0 Å². The number of hydrogen-bond donors (Lipinski definition) is 1. The molecule has 8 aromatic rings. The van der Waals surface area contributed by atoms with Crippen molar-refractivity contribution < 1.29 is 0 Å². The minimum Gasteiger partial charge on any atom is -0.354 e. The Morgan fingerprint density at radius 1 is 0.590 bits per heavy atom. The van der Waals surface area contributed by atoms with Crippen LogP contribution in [0.25, 0.3) is 74.7 Å². The van der Waals surface area contributed by atoms with E-state index in [0.717, 1.165) is 6.42 Å². The average molecular weight is 534 g/mol. The lowest BCUT2D eigenvalue weighted by Gasteiger charge is -2.08. The molecule has 0 spiro atoms. The lowest BCUT2D eigenvalue weighted by Crippen LogP contribution is -1.85. The van der Waals surface area contributed by atoms with Crippen molar-refractivity contribution in [1.29, 1.82) is 0 Å². The van der Waals surface area contributed by atoms with Gasteiger partial charge in [0, 0.05) is 41.2 Å². The minimum absolute atomic E-state index is 0.985. The second-order valence-electron chi connectivity index (χ2n) is 10.7. The Morgan fingerprint density at radius 3 is 2.33 bits per heavy atom. The molecule has 0 fully saturated rings. The standard InChI is InChI=1S/C36H23NS2/c1-20-6-13-34(38-20)35-15-14-33(39-35)23-9-10-25-22(16-23)8-11-27-29-19-32-31(18-24(29)17-30(25)27)28-12-7-21-4-2-3-5-26(21)36(28)37-32/h2-16,18-19,37H,17H2,1H3. The highest BCUT2D eigenvalue weighted by Gasteiger charge is 2.23. The summed E-state index contributed by atoms with van der Waals surface area (Å²) in [6.45, 7) is 2.17. The van der Waals surface area contributed by atoms with E-state index in [0.29, 0.717) is 0 Å². The first-order chi connectivity index (χ1) is 19.2. The van der Waals surface area contributed by atoms with Gasteiger partial charge >= 0.3 is 0 Å². The van der Waals surface area contributed by atoms with Crippen LogP contribution in [0.2, 0.25) is 0 Å². The number of H-pyrrole nitrogens is 1. The fourth-order valence-electron chi connectivity index (χ4n) is 6.51. The zero-order chi connectivity index (χ0) is 25.7. The maximum atomic E-state index is 3.76. The first kappa shape index (κ1) is 21.7. The van der Waals surface area contributed by atoms with E-state index < -0.39 is 0 Å². The Bertz CT molecular complexity index is 2270. The summed E-state index contributed by atoms with van der Waals surface area (Å²) in [7, 11) is 0. The number of benzene rings is 5. The van der Waals surface area contributed by atoms with Crippen LogP contribution < -0.4 is 0 Å². The third-order valence-corrected chi connectivity index (χ3v) is 10.7. The van der Waals surface area contributed by atoms with Crippen LogP contribution in [-0.4, -0.2) is 4.98 Å². The van der Waals surface area contributed by atoms with Crippen LogP contribution in [0.15, 0.2) is 103 Å². The molecule has 3 heterocycles. The topological polar surface area (TPSA) is 15.8 Å². The number of thiophene rings is 2. The number of fused-ring (bicyclic) bond motifs is 10. The SMILES string of the molecule is Cc1ccc(-c2ccc(-c3ccc4c5c(ccc4c3)-c3cc4[nH]c6c7ccccc7ccc6c4cc3C5)s2)s1. The maximum absolute atomic E-state index is 3.76. The molecule has 0 bridgehead atoms. The van der Waals surface area contributed by atoms with Crippen LogP contribution in [0.5, 0.6) is 0 Å². The molecule has 1 aliphatic carbocycles. The Hall–Kier alpha value is -4.18. The van der Waals surface area contributed by atoms with E-state index in [2.05, 4.69) is 115 Å². The summed E-state index contributed by atoms with van der Waals surface area (Å²) in [6.07, 6.45) is 0.985. The molecule has 0 amide bonds. The van der Waals surface area contributed by atoms with Crippen LogP contribution in [-0.2, 0) is 6.42 Å². The van der Waals surface area contributed by atoms with Crippen molar-refractivity contribution in [2.45, 2.75) is 13.3 Å². The number of nitrogens with one attached hydrogen (secondary N) is 1. The Balaban J connectivity index is 1.14. The quantitative estimate of drug-likeness (QED) is 0.227. The van der Waals surface area contributed by atoms with Crippen LogP contribution >= 0.6 is 22.7 Å². The molecule has 5 aromatic carbocycles. The molecular weight excluding hydrogens is 511 g/mol. The molecule has 3 aromatic heterocycles. The van der Waals surface area contributed by atoms with Gasteiger partial charge in [-0.3, -0.25) is 0 Å². The molecule has 0 atom stereocenters. The number of aromatic amines is 1. The molecule has 1 nitrogen and oxygen atoms in total. The van der Waals surface area contributed by atoms with Crippen LogP contribution in [0.3, 0.4) is 0 Å². The second kappa shape index (κ2) is 7.92. The lowest BCUT2D eigenvalue weighted by atomic mass is 9.97. The molecule has 0 saturated heterocycles. The van der Waals surface area contributed by atoms with Gasteiger partial charge in [-0.1, -0.05) is 60.7 Å². The van der Waals surface area contributed by atoms with E-state index in [1.807, 2.05) is 22.7 Å². The molecule has 9 rings (SSSR count). The van der Waals surface area contributed by atoms with E-state index >= 15 is 0 Å². The molecule has 3 heteroatoms. The molecule has 184 valence electrons. The number of aromatic nitrogens is 1. The Kier molecular flexibility index (Phi) is 4.41. The van der Waals surface area contributed by atoms with Crippen molar-refractivity contribution in [3.05, 3.63) is 119 Å². The predicted octanol–water partition coefficient (Wildman–Crippen LogP) is 11.0. The van der Waals surface area contributed by atoms with Gasteiger partial charge in [-0.25, -0.2) is 0 Å². The Labute approximate surface area is 234 Å². The monoisotopic (exact) mass is 533 g/mol. The largest absolute Gasteiger partial charge is 0.354 e. The highest BCUT2D eigenvalue weighted by molar-refractivity contribution is 7.23. The van der Waals surface area contributed by atoms with E-state index in [-0.39, 0.29) is 0 Å². The first-order valence-corrected chi connectivity index (χ1v) is 15.0. The smallest absolute Gasteiger partial charge is 0.0544 e. The molecule has 0 radical (unpaired) electrons. The van der Waals surface area contributed by atoms with Gasteiger partial charge in [0.05, 0.1) is 5.52 Å². The fraction of sp³-hybridized carbons (Fsp3) is 0.0556. The summed E-state index contributed by atoms with van der Waals surface area (Å²) in [5, 5.41) is 7.90. The van der Waals surface area contributed by atoms with Gasteiger partial charge in [0.15, 0.2) is 0 Å². The van der Waals surface area contributed by atoms with Gasteiger partial charge in [0.2, 0.25) is 0 Å². The summed E-state index contributed by atoms with van der Waals surface area (Å²) in [5.41, 5.74) is 9.39. The highest BCUT2D eigenvalue weighted by atomic mass is 32.1. The van der Waals surface area contributed by atoms with Crippen LogP contribution in [0.4, 0.5) is 0 Å². The third kappa shape index (κ3) is 3.18.